The topological polar surface area (TPSA) is 43.4 Å². The Hall–Kier alpha value is -4.06. The van der Waals surface area contributed by atoms with Crippen molar-refractivity contribution in [2.45, 2.75) is 32.2 Å². The van der Waals surface area contributed by atoms with Crippen LogP contribution in [0.25, 0.3) is 6.08 Å². The number of rotatable bonds is 8. The molecule has 3 aromatic carbocycles. The van der Waals surface area contributed by atoms with E-state index < -0.39 is 0 Å². The second-order valence-electron chi connectivity index (χ2n) is 9.85. The van der Waals surface area contributed by atoms with Crippen LogP contribution in [0.2, 0.25) is 0 Å². The van der Waals surface area contributed by atoms with Crippen LogP contribution < -0.4 is 24.0 Å². The Kier molecular flexibility index (Phi) is 7.67. The highest BCUT2D eigenvalue weighted by Gasteiger charge is 2.28. The zero-order valence-corrected chi connectivity index (χ0v) is 22.7. The highest BCUT2D eigenvalue weighted by molar-refractivity contribution is 5.59. The third-order valence-electron chi connectivity index (χ3n) is 6.51. The van der Waals surface area contributed by atoms with Crippen molar-refractivity contribution < 1.29 is 18.9 Å². The standard InChI is InChI=1S/C31H36N2O4/c1-31(2,3)24-10-12-25(13-11-24)33-26(23-9-15-28(35-5)30(21-23)37-7)17-19-32(33)18-16-22-8-14-27(34-4)29(20-22)36-6/h8-21,26H,1-7H3. The fraction of sp³-hybridized carbons (Fsp3) is 0.290. The summed E-state index contributed by atoms with van der Waals surface area (Å²) in [5.74, 6) is 2.81. The van der Waals surface area contributed by atoms with Crippen molar-refractivity contribution >= 4 is 11.8 Å². The minimum absolute atomic E-state index is 0.0321. The molecule has 0 fully saturated rings. The van der Waals surface area contributed by atoms with Crippen LogP contribution >= 0.6 is 0 Å². The maximum Gasteiger partial charge on any atom is 0.161 e. The summed E-state index contributed by atoms with van der Waals surface area (Å²) in [4.78, 5) is 0. The number of hydrogen-bond acceptors (Lipinski definition) is 6. The molecule has 6 nitrogen and oxygen atoms in total. The number of nitrogens with zero attached hydrogens (tertiary/aromatic N) is 2. The van der Waals surface area contributed by atoms with Gasteiger partial charge in [0.15, 0.2) is 23.0 Å². The van der Waals surface area contributed by atoms with Gasteiger partial charge in [0, 0.05) is 12.4 Å². The van der Waals surface area contributed by atoms with E-state index in [1.807, 2.05) is 30.3 Å². The van der Waals surface area contributed by atoms with Crippen LogP contribution in [0.4, 0.5) is 5.69 Å². The van der Waals surface area contributed by atoms with Crippen LogP contribution in [0, 0.1) is 0 Å². The number of hydrazine groups is 1. The normalized spacial score (nSPS) is 15.4. The van der Waals surface area contributed by atoms with Gasteiger partial charge in [-0.3, -0.25) is 10.0 Å². The second-order valence-corrected chi connectivity index (χ2v) is 9.85. The molecule has 0 saturated heterocycles. The van der Waals surface area contributed by atoms with Crippen molar-refractivity contribution in [1.82, 2.24) is 5.01 Å². The summed E-state index contributed by atoms with van der Waals surface area (Å²) in [5.41, 5.74) is 4.55. The molecule has 4 rings (SSSR count). The van der Waals surface area contributed by atoms with Gasteiger partial charge in [0.1, 0.15) is 0 Å². The molecule has 1 aliphatic rings. The molecule has 0 aliphatic carbocycles. The smallest absolute Gasteiger partial charge is 0.161 e. The summed E-state index contributed by atoms with van der Waals surface area (Å²) in [7, 11) is 6.59. The molecule has 0 spiro atoms. The Bertz CT molecular complexity index is 1280. The molecule has 1 unspecified atom stereocenters. The fourth-order valence-corrected chi connectivity index (χ4v) is 4.40. The number of hydrogen-bond donors (Lipinski definition) is 0. The summed E-state index contributed by atoms with van der Waals surface area (Å²) < 4.78 is 21.9. The van der Waals surface area contributed by atoms with Gasteiger partial charge < -0.3 is 18.9 Å². The average Bonchev–Trinajstić information content (AvgIpc) is 3.34. The molecular formula is C31H36N2O4. The van der Waals surface area contributed by atoms with Crippen molar-refractivity contribution in [2.24, 2.45) is 0 Å². The van der Waals surface area contributed by atoms with Gasteiger partial charge in [-0.05, 0) is 70.7 Å². The lowest BCUT2D eigenvalue weighted by Gasteiger charge is -2.34. The lowest BCUT2D eigenvalue weighted by atomic mass is 9.87. The van der Waals surface area contributed by atoms with Crippen LogP contribution in [-0.4, -0.2) is 33.4 Å². The molecule has 0 bridgehead atoms. The zero-order chi connectivity index (χ0) is 26.6. The van der Waals surface area contributed by atoms with Crippen molar-refractivity contribution in [3.8, 4) is 23.0 Å². The lowest BCUT2D eigenvalue weighted by molar-refractivity contribution is 0.354. The molecule has 0 aromatic heterocycles. The van der Waals surface area contributed by atoms with Gasteiger partial charge in [-0.2, -0.15) is 0 Å². The predicted molar refractivity (Wildman–Crippen MR) is 149 cm³/mol. The predicted octanol–water partition coefficient (Wildman–Crippen LogP) is 6.98. The first-order valence-corrected chi connectivity index (χ1v) is 12.3. The average molecular weight is 501 g/mol. The Morgan fingerprint density at radius 1 is 0.703 bits per heavy atom. The van der Waals surface area contributed by atoms with Gasteiger partial charge in [-0.25, -0.2) is 0 Å². The molecule has 6 heteroatoms. The molecule has 1 atom stereocenters. The monoisotopic (exact) mass is 500 g/mol. The van der Waals surface area contributed by atoms with Gasteiger partial charge in [0.25, 0.3) is 0 Å². The molecule has 1 heterocycles. The number of benzene rings is 3. The van der Waals surface area contributed by atoms with E-state index in [4.69, 9.17) is 18.9 Å². The largest absolute Gasteiger partial charge is 0.493 e. The Labute approximate surface area is 220 Å². The van der Waals surface area contributed by atoms with Gasteiger partial charge in [0.05, 0.1) is 40.2 Å². The van der Waals surface area contributed by atoms with E-state index in [0.29, 0.717) is 23.0 Å². The van der Waals surface area contributed by atoms with E-state index in [9.17, 15) is 0 Å². The number of ether oxygens (including phenoxy) is 4. The summed E-state index contributed by atoms with van der Waals surface area (Å²) in [5, 5.41) is 4.36. The van der Waals surface area contributed by atoms with Crippen LogP contribution in [0.15, 0.2) is 79.1 Å². The lowest BCUT2D eigenvalue weighted by Crippen LogP contribution is -2.33. The maximum atomic E-state index is 5.59. The first kappa shape index (κ1) is 26.0. The third-order valence-corrected chi connectivity index (χ3v) is 6.51. The summed E-state index contributed by atoms with van der Waals surface area (Å²) >= 11 is 0. The van der Waals surface area contributed by atoms with E-state index in [-0.39, 0.29) is 11.5 Å². The van der Waals surface area contributed by atoms with E-state index in [0.717, 1.165) is 16.8 Å². The minimum atomic E-state index is -0.0321. The minimum Gasteiger partial charge on any atom is -0.493 e. The van der Waals surface area contributed by atoms with Crippen LogP contribution in [0.3, 0.4) is 0 Å². The van der Waals surface area contributed by atoms with Crippen LogP contribution in [-0.2, 0) is 5.41 Å². The second kappa shape index (κ2) is 10.9. The van der Waals surface area contributed by atoms with E-state index in [2.05, 4.69) is 85.7 Å². The third kappa shape index (κ3) is 5.53. The van der Waals surface area contributed by atoms with Gasteiger partial charge in [-0.15, -0.1) is 0 Å². The van der Waals surface area contributed by atoms with Crippen LogP contribution in [0.5, 0.6) is 23.0 Å². The Balaban J connectivity index is 1.71. The maximum absolute atomic E-state index is 5.59. The van der Waals surface area contributed by atoms with Crippen molar-refractivity contribution in [2.75, 3.05) is 33.4 Å². The molecule has 0 radical (unpaired) electrons. The molecule has 0 amide bonds. The van der Waals surface area contributed by atoms with Gasteiger partial charge >= 0.3 is 0 Å². The zero-order valence-electron chi connectivity index (χ0n) is 22.7. The van der Waals surface area contributed by atoms with Gasteiger partial charge in [-0.1, -0.05) is 45.0 Å². The highest BCUT2D eigenvalue weighted by atomic mass is 16.5. The SMILES string of the molecule is COc1ccc(C=CN2C=CC(c3ccc(OC)c(OC)c3)N2c2ccc(C(C)(C)C)cc2)cc1OC. The molecule has 0 N–H and O–H groups in total. The van der Waals surface area contributed by atoms with E-state index in [1.54, 1.807) is 28.4 Å². The summed E-state index contributed by atoms with van der Waals surface area (Å²) in [6.45, 7) is 6.68. The Morgan fingerprint density at radius 3 is 1.89 bits per heavy atom. The first-order chi connectivity index (χ1) is 17.8. The van der Waals surface area contributed by atoms with Gasteiger partial charge in [0.2, 0.25) is 0 Å². The molecular weight excluding hydrogens is 464 g/mol. The summed E-state index contributed by atoms with van der Waals surface area (Å²) in [6, 6.07) is 20.7. The number of anilines is 1. The molecule has 1 aliphatic heterocycles. The molecule has 3 aromatic rings. The van der Waals surface area contributed by atoms with Crippen molar-refractivity contribution in [1.29, 1.82) is 0 Å². The molecule has 37 heavy (non-hydrogen) atoms. The summed E-state index contributed by atoms with van der Waals surface area (Å²) in [6.07, 6.45) is 8.37. The van der Waals surface area contributed by atoms with Crippen LogP contribution in [0.1, 0.15) is 43.5 Å². The highest BCUT2D eigenvalue weighted by Crippen LogP contribution is 2.39. The first-order valence-electron chi connectivity index (χ1n) is 12.3. The Morgan fingerprint density at radius 2 is 1.30 bits per heavy atom. The van der Waals surface area contributed by atoms with E-state index >= 15 is 0 Å². The molecule has 0 saturated carbocycles. The quantitative estimate of drug-likeness (QED) is 0.332. The van der Waals surface area contributed by atoms with Crippen molar-refractivity contribution in [3.63, 3.8) is 0 Å². The molecule has 194 valence electrons. The van der Waals surface area contributed by atoms with Crippen molar-refractivity contribution in [3.05, 3.63) is 95.8 Å². The van der Waals surface area contributed by atoms with E-state index in [1.165, 1.54) is 5.56 Å². The fourth-order valence-electron chi connectivity index (χ4n) is 4.40. The number of methoxy groups -OCH3 is 4.